The predicted molar refractivity (Wildman–Crippen MR) is 132 cm³/mol. The van der Waals surface area contributed by atoms with Crippen LogP contribution in [0.3, 0.4) is 0 Å². The van der Waals surface area contributed by atoms with Crippen LogP contribution in [0, 0.1) is 6.92 Å². The third kappa shape index (κ3) is 3.84. The Hall–Kier alpha value is -3.63. The summed E-state index contributed by atoms with van der Waals surface area (Å²) in [5.41, 5.74) is 2.59. The van der Waals surface area contributed by atoms with E-state index in [0.717, 1.165) is 27.1 Å². The number of carbonyl (C=O) groups excluding carboxylic acids is 1. The molecule has 34 heavy (non-hydrogen) atoms. The Labute approximate surface area is 200 Å². The molecule has 1 amide bonds. The van der Waals surface area contributed by atoms with E-state index in [1.165, 1.54) is 4.31 Å². The summed E-state index contributed by atoms with van der Waals surface area (Å²) in [6, 6.07) is 18.5. The molecule has 8 nitrogen and oxygen atoms in total. The molecule has 3 aromatic carbocycles. The van der Waals surface area contributed by atoms with Crippen molar-refractivity contribution < 1.29 is 17.9 Å². The Balaban J connectivity index is 1.45. The molecular weight excluding hydrogens is 474 g/mol. The molecule has 5 rings (SSSR count). The number of thiazole rings is 1. The minimum absolute atomic E-state index is 0.0948. The fraction of sp³-hybridized carbons (Fsp3) is 0.167. The van der Waals surface area contributed by atoms with Crippen LogP contribution in [0.4, 0.5) is 11.4 Å². The highest BCUT2D eigenvalue weighted by atomic mass is 32.2. The van der Waals surface area contributed by atoms with Gasteiger partial charge in [0.05, 0.1) is 27.3 Å². The maximum atomic E-state index is 13.5. The molecule has 10 heteroatoms. The van der Waals surface area contributed by atoms with Crippen molar-refractivity contribution in [1.29, 1.82) is 0 Å². The predicted octanol–water partition coefficient (Wildman–Crippen LogP) is 3.50. The number of anilines is 2. The molecule has 4 aromatic rings. The lowest BCUT2D eigenvalue weighted by atomic mass is 10.2. The fourth-order valence-corrected chi connectivity index (χ4v) is 6.23. The van der Waals surface area contributed by atoms with E-state index in [0.29, 0.717) is 17.1 Å². The van der Waals surface area contributed by atoms with Crippen molar-refractivity contribution in [3.8, 4) is 5.75 Å². The number of amides is 1. The molecule has 1 atom stereocenters. The van der Waals surface area contributed by atoms with Crippen LogP contribution in [-0.4, -0.2) is 31.5 Å². The van der Waals surface area contributed by atoms with E-state index in [9.17, 15) is 18.0 Å². The van der Waals surface area contributed by atoms with Crippen molar-refractivity contribution in [3.05, 3.63) is 82.0 Å². The second-order valence-corrected chi connectivity index (χ2v) is 10.9. The number of hydrogen-bond acceptors (Lipinski definition) is 6. The Morgan fingerprint density at radius 1 is 1.09 bits per heavy atom. The van der Waals surface area contributed by atoms with Gasteiger partial charge in [-0.3, -0.25) is 13.9 Å². The van der Waals surface area contributed by atoms with Gasteiger partial charge in [-0.05, 0) is 49.4 Å². The maximum Gasteiger partial charge on any atom is 0.307 e. The third-order valence-electron chi connectivity index (χ3n) is 5.70. The number of benzene rings is 3. The summed E-state index contributed by atoms with van der Waals surface area (Å²) < 4.78 is 36.3. The number of aromatic nitrogens is 1. The van der Waals surface area contributed by atoms with Gasteiger partial charge in [-0.1, -0.05) is 41.2 Å². The van der Waals surface area contributed by atoms with Gasteiger partial charge < -0.3 is 14.6 Å². The van der Waals surface area contributed by atoms with Crippen molar-refractivity contribution in [2.75, 3.05) is 16.2 Å². The van der Waals surface area contributed by atoms with E-state index in [4.69, 9.17) is 4.74 Å². The van der Waals surface area contributed by atoms with Gasteiger partial charge in [0.2, 0.25) is 0 Å². The molecule has 1 aliphatic rings. The highest BCUT2D eigenvalue weighted by Gasteiger charge is 2.37. The van der Waals surface area contributed by atoms with Gasteiger partial charge in [0.25, 0.3) is 15.9 Å². The first-order valence-electron chi connectivity index (χ1n) is 10.5. The maximum absolute atomic E-state index is 13.5. The number of carbonyl (C=O) groups is 1. The van der Waals surface area contributed by atoms with Crippen molar-refractivity contribution in [2.24, 2.45) is 7.05 Å². The summed E-state index contributed by atoms with van der Waals surface area (Å²) in [6.45, 7) is 1.70. The number of nitrogens with zero attached hydrogens (tertiary/aromatic N) is 2. The second-order valence-electron chi connectivity index (χ2n) is 8.02. The van der Waals surface area contributed by atoms with Crippen LogP contribution in [0.1, 0.15) is 5.56 Å². The van der Waals surface area contributed by atoms with Gasteiger partial charge in [0.1, 0.15) is 5.75 Å². The Kier molecular flexibility index (Phi) is 5.41. The third-order valence-corrected chi connectivity index (χ3v) is 8.49. The summed E-state index contributed by atoms with van der Waals surface area (Å²) in [6.07, 6.45) is -1.07. The smallest absolute Gasteiger partial charge is 0.307 e. The van der Waals surface area contributed by atoms with E-state index in [-0.39, 0.29) is 16.3 Å². The number of hydrogen-bond donors (Lipinski definition) is 1. The summed E-state index contributed by atoms with van der Waals surface area (Å²) >= 11 is 1.09. The molecule has 2 heterocycles. The van der Waals surface area contributed by atoms with Crippen molar-refractivity contribution in [3.63, 3.8) is 0 Å². The number of fused-ring (bicyclic) bond motifs is 2. The van der Waals surface area contributed by atoms with E-state index in [1.807, 2.05) is 6.92 Å². The van der Waals surface area contributed by atoms with Gasteiger partial charge in [0.15, 0.2) is 6.10 Å². The van der Waals surface area contributed by atoms with Gasteiger partial charge >= 0.3 is 4.87 Å². The molecule has 0 spiro atoms. The van der Waals surface area contributed by atoms with Crippen LogP contribution in [0.15, 0.2) is 76.4 Å². The Bertz CT molecular complexity index is 1570. The normalized spacial score (nSPS) is 15.6. The van der Waals surface area contributed by atoms with Gasteiger partial charge in [-0.15, -0.1) is 0 Å². The van der Waals surface area contributed by atoms with Gasteiger partial charge in [0, 0.05) is 12.7 Å². The zero-order valence-electron chi connectivity index (χ0n) is 18.4. The first kappa shape index (κ1) is 22.2. The summed E-state index contributed by atoms with van der Waals surface area (Å²) in [4.78, 5) is 25.1. The van der Waals surface area contributed by atoms with E-state index in [1.54, 1.807) is 78.3 Å². The zero-order valence-corrected chi connectivity index (χ0v) is 20.0. The number of sulfonamides is 1. The Morgan fingerprint density at radius 3 is 2.59 bits per heavy atom. The van der Waals surface area contributed by atoms with Gasteiger partial charge in [-0.2, -0.15) is 0 Å². The molecule has 1 aliphatic heterocycles. The number of nitrogens with one attached hydrogen (secondary N) is 1. The van der Waals surface area contributed by atoms with Crippen LogP contribution in [0.2, 0.25) is 0 Å². The molecule has 0 saturated carbocycles. The number of rotatable bonds is 4. The minimum atomic E-state index is -3.92. The molecule has 0 unspecified atom stereocenters. The molecule has 0 bridgehead atoms. The molecule has 1 aromatic heterocycles. The van der Waals surface area contributed by atoms with Crippen LogP contribution in [-0.2, 0) is 21.9 Å². The number of para-hydroxylation sites is 2. The number of ether oxygens (including phenoxy) is 1. The van der Waals surface area contributed by atoms with Crippen LogP contribution < -0.4 is 19.2 Å². The summed E-state index contributed by atoms with van der Waals surface area (Å²) in [5, 5.41) is 2.79. The highest BCUT2D eigenvalue weighted by molar-refractivity contribution is 7.92. The fourth-order valence-electron chi connectivity index (χ4n) is 3.84. The van der Waals surface area contributed by atoms with Crippen LogP contribution in [0.25, 0.3) is 10.2 Å². The lowest BCUT2D eigenvalue weighted by Crippen LogP contribution is -2.48. The summed E-state index contributed by atoms with van der Waals surface area (Å²) in [7, 11) is -2.23. The quantitative estimate of drug-likeness (QED) is 0.467. The lowest BCUT2D eigenvalue weighted by Gasteiger charge is -2.34. The highest BCUT2D eigenvalue weighted by Crippen LogP contribution is 2.37. The van der Waals surface area contributed by atoms with Crippen molar-refractivity contribution in [1.82, 2.24) is 4.57 Å². The van der Waals surface area contributed by atoms with Crippen LogP contribution in [0.5, 0.6) is 5.75 Å². The first-order valence-corrected chi connectivity index (χ1v) is 12.8. The number of aryl methyl sites for hydroxylation is 2. The monoisotopic (exact) mass is 495 g/mol. The van der Waals surface area contributed by atoms with Gasteiger partial charge in [-0.25, -0.2) is 8.42 Å². The minimum Gasteiger partial charge on any atom is -0.476 e. The topological polar surface area (TPSA) is 97.7 Å². The molecule has 0 saturated heterocycles. The zero-order chi connectivity index (χ0) is 24.0. The largest absolute Gasteiger partial charge is 0.476 e. The average molecular weight is 496 g/mol. The van der Waals surface area contributed by atoms with Crippen molar-refractivity contribution in [2.45, 2.75) is 17.9 Å². The lowest BCUT2D eigenvalue weighted by molar-refractivity contribution is -0.122. The van der Waals surface area contributed by atoms with E-state index >= 15 is 0 Å². The standard InChI is InChI=1S/C24H21N3O5S2/c1-15-7-10-17(11-8-15)34(30,31)27-14-21(32-20-6-4-3-5-18(20)27)23(28)25-16-9-12-19-22(13-16)33-24(29)26(19)2/h3-13,21H,14H2,1-2H3,(H,25,28)/t21-/m1/s1. The molecule has 174 valence electrons. The SMILES string of the molecule is Cc1ccc(S(=O)(=O)N2C[C@H](C(=O)Nc3ccc4c(c3)sc(=O)n4C)Oc3ccccc32)cc1. The molecule has 0 aliphatic carbocycles. The molecule has 1 N–H and O–H groups in total. The van der Waals surface area contributed by atoms with E-state index < -0.39 is 22.0 Å². The first-order chi connectivity index (χ1) is 16.2. The Morgan fingerprint density at radius 2 is 1.82 bits per heavy atom. The molecule has 0 radical (unpaired) electrons. The van der Waals surface area contributed by atoms with E-state index in [2.05, 4.69) is 5.32 Å². The van der Waals surface area contributed by atoms with Crippen LogP contribution >= 0.6 is 11.3 Å². The molecular formula is C24H21N3O5S2. The molecule has 0 fully saturated rings. The van der Waals surface area contributed by atoms with Crippen molar-refractivity contribution >= 4 is 48.9 Å². The second kappa shape index (κ2) is 8.30. The summed E-state index contributed by atoms with van der Waals surface area (Å²) in [5.74, 6) is -0.178. The average Bonchev–Trinajstić information content (AvgIpc) is 3.11.